The van der Waals surface area contributed by atoms with Crippen molar-refractivity contribution < 1.29 is 4.74 Å². The molecule has 1 fully saturated rings. The number of nitrogens with one attached hydrogen (secondary N) is 1. The lowest BCUT2D eigenvalue weighted by Crippen LogP contribution is -2.44. The highest BCUT2D eigenvalue weighted by Gasteiger charge is 2.23. The zero-order chi connectivity index (χ0) is 11.7. The summed E-state index contributed by atoms with van der Waals surface area (Å²) in [6.45, 7) is 7.07. The fourth-order valence-corrected chi connectivity index (χ4v) is 2.85. The van der Waals surface area contributed by atoms with E-state index in [-0.39, 0.29) is 0 Å². The number of fused-ring (bicyclic) bond motifs is 1. The molecule has 92 valence electrons. The summed E-state index contributed by atoms with van der Waals surface area (Å²) < 4.78 is 5.52. The first-order chi connectivity index (χ1) is 8.36. The third kappa shape index (κ3) is 2.05. The van der Waals surface area contributed by atoms with Gasteiger partial charge in [0, 0.05) is 24.8 Å². The minimum atomic E-state index is 0.483. The van der Waals surface area contributed by atoms with Crippen molar-refractivity contribution >= 4 is 5.69 Å². The number of anilines is 1. The Morgan fingerprint density at radius 3 is 3.24 bits per heavy atom. The molecule has 0 saturated carbocycles. The summed E-state index contributed by atoms with van der Waals surface area (Å²) in [6.07, 6.45) is 1.15. The Morgan fingerprint density at radius 2 is 2.35 bits per heavy atom. The molecule has 0 bridgehead atoms. The van der Waals surface area contributed by atoms with Crippen molar-refractivity contribution in [3.8, 4) is 0 Å². The van der Waals surface area contributed by atoms with Crippen LogP contribution in [0.2, 0.25) is 0 Å². The van der Waals surface area contributed by atoms with Crippen molar-refractivity contribution in [2.45, 2.75) is 25.9 Å². The van der Waals surface area contributed by atoms with Gasteiger partial charge in [-0.2, -0.15) is 0 Å². The van der Waals surface area contributed by atoms with Crippen LogP contribution in [0.5, 0.6) is 0 Å². The van der Waals surface area contributed by atoms with Gasteiger partial charge in [-0.25, -0.2) is 0 Å². The number of hydrogen-bond acceptors (Lipinski definition) is 3. The quantitative estimate of drug-likeness (QED) is 0.795. The fourth-order valence-electron chi connectivity index (χ4n) is 2.85. The molecule has 2 aliphatic heterocycles. The van der Waals surface area contributed by atoms with Crippen molar-refractivity contribution in [2.24, 2.45) is 0 Å². The molecule has 0 radical (unpaired) electrons. The third-order valence-electron chi connectivity index (χ3n) is 3.80. The standard InChI is InChI=1S/C14H20N2O/c1-11-10-17-8-7-16(11)14-4-2-3-12-5-6-15-9-13(12)14/h2-4,11,15H,5-10H2,1H3. The Hall–Kier alpha value is -1.06. The molecule has 1 unspecified atom stereocenters. The molecule has 17 heavy (non-hydrogen) atoms. The van der Waals surface area contributed by atoms with Crippen molar-refractivity contribution in [3.05, 3.63) is 29.3 Å². The highest BCUT2D eigenvalue weighted by Crippen LogP contribution is 2.28. The summed E-state index contributed by atoms with van der Waals surface area (Å²) in [7, 11) is 0. The van der Waals surface area contributed by atoms with Crippen LogP contribution in [0.15, 0.2) is 18.2 Å². The summed E-state index contributed by atoms with van der Waals surface area (Å²) in [4.78, 5) is 2.50. The number of nitrogens with zero attached hydrogens (tertiary/aromatic N) is 1. The van der Waals surface area contributed by atoms with E-state index < -0.39 is 0 Å². The lowest BCUT2D eigenvalue weighted by Gasteiger charge is -2.37. The molecule has 3 rings (SSSR count). The van der Waals surface area contributed by atoms with Crippen LogP contribution in [0.1, 0.15) is 18.1 Å². The Balaban J connectivity index is 1.96. The minimum absolute atomic E-state index is 0.483. The lowest BCUT2D eigenvalue weighted by atomic mass is 9.98. The molecule has 0 aliphatic carbocycles. The van der Waals surface area contributed by atoms with Gasteiger partial charge in [0.1, 0.15) is 0 Å². The highest BCUT2D eigenvalue weighted by atomic mass is 16.5. The van der Waals surface area contributed by atoms with Crippen molar-refractivity contribution in [1.82, 2.24) is 5.32 Å². The van der Waals surface area contributed by atoms with Gasteiger partial charge in [-0.1, -0.05) is 12.1 Å². The molecule has 3 heteroatoms. The zero-order valence-electron chi connectivity index (χ0n) is 10.4. The van der Waals surface area contributed by atoms with Crippen LogP contribution in [0.4, 0.5) is 5.69 Å². The first-order valence-corrected chi connectivity index (χ1v) is 6.52. The predicted octanol–water partition coefficient (Wildman–Crippen LogP) is 1.56. The van der Waals surface area contributed by atoms with Crippen LogP contribution in [-0.4, -0.2) is 32.3 Å². The van der Waals surface area contributed by atoms with Crippen LogP contribution in [0, 0.1) is 0 Å². The molecular weight excluding hydrogens is 212 g/mol. The molecule has 1 saturated heterocycles. The molecule has 2 heterocycles. The zero-order valence-corrected chi connectivity index (χ0v) is 10.4. The molecule has 1 aromatic carbocycles. The van der Waals surface area contributed by atoms with E-state index in [1.807, 2.05) is 0 Å². The molecule has 3 nitrogen and oxygen atoms in total. The highest BCUT2D eigenvalue weighted by molar-refractivity contribution is 5.58. The predicted molar refractivity (Wildman–Crippen MR) is 69.5 cm³/mol. The van der Waals surface area contributed by atoms with E-state index in [0.717, 1.165) is 39.3 Å². The number of benzene rings is 1. The second-order valence-electron chi connectivity index (χ2n) is 4.96. The summed E-state index contributed by atoms with van der Waals surface area (Å²) in [5, 5.41) is 3.48. The molecular formula is C14H20N2O. The molecule has 2 aliphatic rings. The van der Waals surface area contributed by atoms with Gasteiger partial charge >= 0.3 is 0 Å². The SMILES string of the molecule is CC1COCCN1c1cccc2c1CNCC2. The second-order valence-corrected chi connectivity index (χ2v) is 4.96. The van der Waals surface area contributed by atoms with Crippen LogP contribution in [0.25, 0.3) is 0 Å². The largest absolute Gasteiger partial charge is 0.377 e. The Labute approximate surface area is 103 Å². The van der Waals surface area contributed by atoms with E-state index in [1.165, 1.54) is 16.8 Å². The van der Waals surface area contributed by atoms with Gasteiger partial charge in [0.25, 0.3) is 0 Å². The van der Waals surface area contributed by atoms with Crippen LogP contribution in [0.3, 0.4) is 0 Å². The van der Waals surface area contributed by atoms with Crippen molar-refractivity contribution in [1.29, 1.82) is 0 Å². The second kappa shape index (κ2) is 4.67. The van der Waals surface area contributed by atoms with E-state index >= 15 is 0 Å². The van der Waals surface area contributed by atoms with Crippen LogP contribution >= 0.6 is 0 Å². The van der Waals surface area contributed by atoms with Crippen LogP contribution < -0.4 is 10.2 Å². The summed E-state index contributed by atoms with van der Waals surface area (Å²) in [6, 6.07) is 7.21. The molecule has 1 aromatic rings. The molecule has 0 amide bonds. The normalized spacial score (nSPS) is 24.5. The number of rotatable bonds is 1. The monoisotopic (exact) mass is 232 g/mol. The maximum absolute atomic E-state index is 5.52. The Kier molecular flexibility index (Phi) is 3.04. The maximum Gasteiger partial charge on any atom is 0.0668 e. The molecule has 1 atom stereocenters. The van der Waals surface area contributed by atoms with Gasteiger partial charge < -0.3 is 15.0 Å². The molecule has 0 spiro atoms. The van der Waals surface area contributed by atoms with E-state index in [2.05, 4.69) is 35.3 Å². The number of ether oxygens (including phenoxy) is 1. The summed E-state index contributed by atoms with van der Waals surface area (Å²) in [5.74, 6) is 0. The van der Waals surface area contributed by atoms with E-state index in [1.54, 1.807) is 0 Å². The average Bonchev–Trinajstić information content (AvgIpc) is 2.39. The van der Waals surface area contributed by atoms with Gasteiger partial charge in [-0.3, -0.25) is 0 Å². The van der Waals surface area contributed by atoms with Gasteiger partial charge in [0.05, 0.1) is 13.2 Å². The topological polar surface area (TPSA) is 24.5 Å². The number of morpholine rings is 1. The first kappa shape index (κ1) is 11.1. The van der Waals surface area contributed by atoms with Crippen molar-refractivity contribution in [2.75, 3.05) is 31.2 Å². The first-order valence-electron chi connectivity index (χ1n) is 6.52. The minimum Gasteiger partial charge on any atom is -0.377 e. The Morgan fingerprint density at radius 1 is 1.41 bits per heavy atom. The number of hydrogen-bond donors (Lipinski definition) is 1. The average molecular weight is 232 g/mol. The smallest absolute Gasteiger partial charge is 0.0668 e. The van der Waals surface area contributed by atoms with Gasteiger partial charge in [0.15, 0.2) is 0 Å². The van der Waals surface area contributed by atoms with Gasteiger partial charge in [-0.15, -0.1) is 0 Å². The van der Waals surface area contributed by atoms with E-state index in [4.69, 9.17) is 4.74 Å². The third-order valence-corrected chi connectivity index (χ3v) is 3.80. The van der Waals surface area contributed by atoms with Crippen LogP contribution in [-0.2, 0) is 17.7 Å². The van der Waals surface area contributed by atoms with E-state index in [9.17, 15) is 0 Å². The Bertz CT molecular complexity index is 405. The summed E-state index contributed by atoms with van der Waals surface area (Å²) in [5.41, 5.74) is 4.41. The van der Waals surface area contributed by atoms with Gasteiger partial charge in [0.2, 0.25) is 0 Å². The maximum atomic E-state index is 5.52. The van der Waals surface area contributed by atoms with Gasteiger partial charge in [-0.05, 0) is 37.1 Å². The fraction of sp³-hybridized carbons (Fsp3) is 0.571. The molecule has 0 aromatic heterocycles. The summed E-state index contributed by atoms with van der Waals surface area (Å²) >= 11 is 0. The lowest BCUT2D eigenvalue weighted by molar-refractivity contribution is 0.0988. The van der Waals surface area contributed by atoms with E-state index in [0.29, 0.717) is 6.04 Å². The van der Waals surface area contributed by atoms with Crippen molar-refractivity contribution in [3.63, 3.8) is 0 Å². The molecule has 1 N–H and O–H groups in total.